The third kappa shape index (κ3) is 6.16. The van der Waals surface area contributed by atoms with Crippen molar-refractivity contribution in [1.82, 2.24) is 10.2 Å². The van der Waals surface area contributed by atoms with Crippen LogP contribution in [-0.4, -0.2) is 54.2 Å². The van der Waals surface area contributed by atoms with Crippen LogP contribution in [0, 0.1) is 0 Å². The van der Waals surface area contributed by atoms with Crippen molar-refractivity contribution in [2.75, 3.05) is 19.9 Å². The van der Waals surface area contributed by atoms with Crippen LogP contribution in [0.5, 0.6) is 17.2 Å². The van der Waals surface area contributed by atoms with E-state index in [0.29, 0.717) is 48.5 Å². The lowest BCUT2D eigenvalue weighted by molar-refractivity contribution is -0.376. The molecule has 1 saturated heterocycles. The second-order valence-corrected chi connectivity index (χ2v) is 10.8. The molecule has 2 aliphatic rings. The van der Waals surface area contributed by atoms with Gasteiger partial charge in [0.15, 0.2) is 11.5 Å². The minimum atomic E-state index is -6.03. The molecule has 4 rings (SSSR count). The molecule has 2 heterocycles. The summed E-state index contributed by atoms with van der Waals surface area (Å²) in [4.78, 5) is 27.5. The van der Waals surface area contributed by atoms with Crippen molar-refractivity contribution in [3.05, 3.63) is 58.7 Å². The highest BCUT2D eigenvalue weighted by Crippen LogP contribution is 2.51. The second-order valence-electron chi connectivity index (χ2n) is 10.8. The van der Waals surface area contributed by atoms with E-state index in [2.05, 4.69) is 5.32 Å². The van der Waals surface area contributed by atoms with Crippen LogP contribution in [0.1, 0.15) is 68.7 Å². The Kier molecular flexibility index (Phi) is 9.67. The van der Waals surface area contributed by atoms with Gasteiger partial charge in [-0.2, -0.15) is 26.3 Å². The van der Waals surface area contributed by atoms with Crippen molar-refractivity contribution in [2.45, 2.75) is 76.4 Å². The highest BCUT2D eigenvalue weighted by molar-refractivity contribution is 6.07. The largest absolute Gasteiger partial charge is 0.493 e. The lowest BCUT2D eigenvalue weighted by Crippen LogP contribution is -2.54. The second kappa shape index (κ2) is 12.8. The number of benzene rings is 2. The molecule has 2 aromatic carbocycles. The minimum Gasteiger partial charge on any atom is -0.493 e. The zero-order chi connectivity index (χ0) is 33.2. The van der Waals surface area contributed by atoms with Crippen LogP contribution in [0.4, 0.5) is 31.1 Å². The Bertz CT molecular complexity index is 1440. The fourth-order valence-electron chi connectivity index (χ4n) is 5.52. The number of fused-ring (bicyclic) bond motifs is 1. The fraction of sp³-hybridized carbons (Fsp3) is 0.484. The van der Waals surface area contributed by atoms with Crippen LogP contribution in [0.3, 0.4) is 0 Å². The summed E-state index contributed by atoms with van der Waals surface area (Å²) in [5, 5.41) is 12.8. The van der Waals surface area contributed by atoms with Crippen LogP contribution in [0.15, 0.2) is 36.4 Å². The molecule has 0 radical (unpaired) electrons. The van der Waals surface area contributed by atoms with E-state index in [4.69, 9.17) is 14.2 Å². The maximum Gasteiger partial charge on any atom is 0.430 e. The third-order valence-electron chi connectivity index (χ3n) is 7.89. The van der Waals surface area contributed by atoms with Gasteiger partial charge in [-0.3, -0.25) is 9.69 Å². The molecule has 2 aliphatic heterocycles. The number of carbonyl (C=O) groups excluding carboxylic acids is 2. The van der Waals surface area contributed by atoms with Crippen molar-refractivity contribution in [3.63, 3.8) is 0 Å². The highest BCUT2D eigenvalue weighted by Gasteiger charge is 2.71. The third-order valence-corrected chi connectivity index (χ3v) is 7.89. The summed E-state index contributed by atoms with van der Waals surface area (Å²) in [5.74, 6) is 0.651. The van der Waals surface area contributed by atoms with Crippen molar-refractivity contribution in [3.8, 4) is 17.2 Å². The number of nitrogens with one attached hydrogen (secondary N) is 1. The van der Waals surface area contributed by atoms with E-state index in [0.717, 1.165) is 4.90 Å². The molecule has 3 amide bonds. The first-order valence-electron chi connectivity index (χ1n) is 14.5. The summed E-state index contributed by atoms with van der Waals surface area (Å²) in [6.07, 6.45) is -7.97. The molecular formula is C31H34F6N2O6. The van der Waals surface area contributed by atoms with Crippen LogP contribution in [0.2, 0.25) is 0 Å². The monoisotopic (exact) mass is 644 g/mol. The SMILES string of the molecule is C/C=C/c1cc(C(O)(C(F)(F)F)C(F)(F)F)cc(CCC)c1OCCCCN1C(=O)NC(CC)(c2ccc3c(c2)OCO3)C1=O. The van der Waals surface area contributed by atoms with Gasteiger partial charge in [-0.05, 0) is 68.0 Å². The van der Waals surface area contributed by atoms with Gasteiger partial charge in [0.2, 0.25) is 6.79 Å². The Hall–Kier alpha value is -3.94. The normalized spacial score (nSPS) is 18.7. The van der Waals surface area contributed by atoms with E-state index < -0.39 is 41.0 Å². The summed E-state index contributed by atoms with van der Waals surface area (Å²) < 4.78 is 98.4. The molecule has 8 nitrogen and oxygen atoms in total. The van der Waals surface area contributed by atoms with Gasteiger partial charge in [-0.25, -0.2) is 4.79 Å². The van der Waals surface area contributed by atoms with Crippen molar-refractivity contribution in [1.29, 1.82) is 0 Å². The molecule has 45 heavy (non-hydrogen) atoms. The summed E-state index contributed by atoms with van der Waals surface area (Å²) in [7, 11) is 0. The molecule has 14 heteroatoms. The van der Waals surface area contributed by atoms with Crippen molar-refractivity contribution < 1.29 is 55.2 Å². The first-order valence-corrected chi connectivity index (χ1v) is 14.5. The standard InChI is InChI=1S/C31H34F6N2O6/c1-4-9-19-15-22(29(42,30(32,33)34)31(35,36)37)16-20(10-5-2)25(19)43-14-8-7-13-39-26(40)28(6-3,38-27(39)41)21-11-12-23-24(17-21)45-18-44-23/h4,9,11-12,15-17,42H,5-8,10,13-14,18H2,1-3H3,(H,38,41)/b9-4+. The van der Waals surface area contributed by atoms with Crippen LogP contribution < -0.4 is 19.5 Å². The van der Waals surface area contributed by atoms with Crippen LogP contribution in [0.25, 0.3) is 6.08 Å². The topological polar surface area (TPSA) is 97.3 Å². The number of ether oxygens (including phenoxy) is 3. The van der Waals surface area contributed by atoms with Gasteiger partial charge < -0.3 is 24.6 Å². The molecule has 0 saturated carbocycles. The number of urea groups is 1. The van der Waals surface area contributed by atoms with E-state index in [1.807, 2.05) is 0 Å². The Labute approximate surface area is 255 Å². The Balaban J connectivity index is 1.48. The number of hydrogen-bond donors (Lipinski definition) is 2. The molecule has 1 fully saturated rings. The number of alkyl halides is 6. The molecule has 1 atom stereocenters. The average Bonchev–Trinajstić information content (AvgIpc) is 3.54. The molecule has 2 aromatic rings. The Morgan fingerprint density at radius 1 is 1.02 bits per heavy atom. The first kappa shape index (κ1) is 33.9. The first-order chi connectivity index (χ1) is 21.1. The van der Waals surface area contributed by atoms with Gasteiger partial charge in [-0.15, -0.1) is 0 Å². The molecule has 0 aliphatic carbocycles. The molecule has 0 aromatic heterocycles. The Morgan fingerprint density at radius 3 is 2.33 bits per heavy atom. The van der Waals surface area contributed by atoms with E-state index in [-0.39, 0.29) is 49.7 Å². The van der Waals surface area contributed by atoms with Crippen molar-refractivity contribution in [2.24, 2.45) is 0 Å². The van der Waals surface area contributed by atoms with E-state index in [1.165, 1.54) is 19.1 Å². The fourth-order valence-corrected chi connectivity index (χ4v) is 5.52. The number of rotatable bonds is 12. The molecule has 2 N–H and O–H groups in total. The molecule has 0 spiro atoms. The average molecular weight is 645 g/mol. The molecular weight excluding hydrogens is 610 g/mol. The van der Waals surface area contributed by atoms with Gasteiger partial charge in [0.25, 0.3) is 11.5 Å². The number of aliphatic hydroxyl groups is 1. The Morgan fingerprint density at radius 2 is 1.71 bits per heavy atom. The van der Waals surface area contributed by atoms with Gasteiger partial charge in [-0.1, -0.05) is 38.5 Å². The highest BCUT2D eigenvalue weighted by atomic mass is 19.4. The van der Waals surface area contributed by atoms with Crippen molar-refractivity contribution >= 4 is 18.0 Å². The predicted octanol–water partition coefficient (Wildman–Crippen LogP) is 6.73. The predicted molar refractivity (Wildman–Crippen MR) is 151 cm³/mol. The number of aryl methyl sites for hydroxylation is 1. The van der Waals surface area contributed by atoms with E-state index >= 15 is 0 Å². The van der Waals surface area contributed by atoms with Crippen LogP contribution >= 0.6 is 0 Å². The number of amides is 3. The maximum absolute atomic E-state index is 13.6. The summed E-state index contributed by atoms with van der Waals surface area (Å²) in [6.45, 7) is 5.10. The lowest BCUT2D eigenvalue weighted by atomic mass is 9.87. The van der Waals surface area contributed by atoms with E-state index in [1.54, 1.807) is 32.0 Å². The van der Waals surface area contributed by atoms with E-state index in [9.17, 15) is 41.0 Å². The number of nitrogens with zero attached hydrogens (tertiary/aromatic N) is 1. The number of unbranched alkanes of at least 4 members (excludes halogenated alkanes) is 1. The quantitative estimate of drug-likeness (QED) is 0.151. The summed E-state index contributed by atoms with van der Waals surface area (Å²) in [6, 6.07) is 5.76. The number of imide groups is 1. The maximum atomic E-state index is 13.6. The zero-order valence-electron chi connectivity index (χ0n) is 24.9. The minimum absolute atomic E-state index is 0.00580. The zero-order valence-corrected chi connectivity index (χ0v) is 24.9. The molecule has 246 valence electrons. The van der Waals surface area contributed by atoms with Gasteiger partial charge in [0.1, 0.15) is 11.3 Å². The number of halogens is 6. The number of carbonyl (C=O) groups is 2. The van der Waals surface area contributed by atoms with Gasteiger partial charge in [0.05, 0.1) is 6.61 Å². The van der Waals surface area contributed by atoms with Gasteiger partial charge in [0, 0.05) is 17.7 Å². The number of hydrogen-bond acceptors (Lipinski definition) is 6. The number of allylic oxidation sites excluding steroid dienone is 1. The summed E-state index contributed by atoms with van der Waals surface area (Å²) >= 11 is 0. The summed E-state index contributed by atoms with van der Waals surface area (Å²) in [5.41, 5.74) is -7.16. The smallest absolute Gasteiger partial charge is 0.430 e. The molecule has 0 bridgehead atoms. The molecule has 1 unspecified atom stereocenters. The van der Waals surface area contributed by atoms with Gasteiger partial charge >= 0.3 is 18.4 Å². The van der Waals surface area contributed by atoms with Crippen LogP contribution in [-0.2, 0) is 22.4 Å². The lowest BCUT2D eigenvalue weighted by Gasteiger charge is -2.33.